The first kappa shape index (κ1) is 14.6. The summed E-state index contributed by atoms with van der Waals surface area (Å²) in [5, 5.41) is 6.21. The van der Waals surface area contributed by atoms with Crippen LogP contribution in [0.4, 0.5) is 0 Å². The Hall–Kier alpha value is -1.35. The minimum absolute atomic E-state index is 0.679. The van der Waals surface area contributed by atoms with Crippen molar-refractivity contribution < 1.29 is 0 Å². The third-order valence-corrected chi connectivity index (χ3v) is 5.11. The molecule has 1 aliphatic carbocycles. The summed E-state index contributed by atoms with van der Waals surface area (Å²) in [6.45, 7) is 3.93. The molecule has 1 aromatic heterocycles. The number of para-hydroxylation sites is 1. The first-order valence-corrected chi connectivity index (χ1v) is 8.48. The molecule has 0 bridgehead atoms. The highest BCUT2D eigenvalue weighted by molar-refractivity contribution is 5.81. The molecule has 3 heteroatoms. The number of aryl methyl sites for hydroxylation is 1. The van der Waals surface area contributed by atoms with Crippen molar-refractivity contribution in [2.45, 2.75) is 52.0 Å². The third kappa shape index (κ3) is 2.98. The minimum Gasteiger partial charge on any atom is -0.330 e. The van der Waals surface area contributed by atoms with Crippen molar-refractivity contribution in [1.29, 1.82) is 0 Å². The van der Waals surface area contributed by atoms with Crippen molar-refractivity contribution in [3.05, 3.63) is 30.0 Å². The maximum Gasteiger partial charge on any atom is 0.0706 e. The van der Waals surface area contributed by atoms with Gasteiger partial charge in [-0.1, -0.05) is 37.5 Å². The molecule has 1 saturated carbocycles. The SMILES string of the molecule is CCn1nc(CC2CCCCCC2CN)c2ccccc21. The van der Waals surface area contributed by atoms with Gasteiger partial charge >= 0.3 is 0 Å². The van der Waals surface area contributed by atoms with E-state index in [1.807, 2.05) is 0 Å². The van der Waals surface area contributed by atoms with Crippen molar-refractivity contribution in [3.8, 4) is 0 Å². The van der Waals surface area contributed by atoms with Crippen LogP contribution >= 0.6 is 0 Å². The van der Waals surface area contributed by atoms with Gasteiger partial charge in [0, 0.05) is 11.9 Å². The van der Waals surface area contributed by atoms with E-state index in [1.54, 1.807) is 0 Å². The molecule has 3 rings (SSSR count). The van der Waals surface area contributed by atoms with Crippen LogP contribution in [0.15, 0.2) is 24.3 Å². The second-order valence-corrected chi connectivity index (χ2v) is 6.38. The van der Waals surface area contributed by atoms with Crippen LogP contribution in [0, 0.1) is 11.8 Å². The molecule has 1 aliphatic rings. The minimum atomic E-state index is 0.679. The quantitative estimate of drug-likeness (QED) is 0.869. The Morgan fingerprint density at radius 2 is 1.90 bits per heavy atom. The molecule has 0 amide bonds. The average Bonchev–Trinajstić information content (AvgIpc) is 2.72. The van der Waals surface area contributed by atoms with Gasteiger partial charge in [0.1, 0.15) is 0 Å². The molecular formula is C18H27N3. The smallest absolute Gasteiger partial charge is 0.0706 e. The van der Waals surface area contributed by atoms with Crippen LogP contribution in [-0.2, 0) is 13.0 Å². The van der Waals surface area contributed by atoms with Gasteiger partial charge in [-0.25, -0.2) is 0 Å². The Kier molecular flexibility index (Phi) is 4.59. The molecule has 114 valence electrons. The summed E-state index contributed by atoms with van der Waals surface area (Å²) in [6, 6.07) is 8.64. The topological polar surface area (TPSA) is 43.8 Å². The van der Waals surface area contributed by atoms with Gasteiger partial charge < -0.3 is 5.73 Å². The number of nitrogens with two attached hydrogens (primary N) is 1. The predicted octanol–water partition coefficient (Wildman–Crippen LogP) is 3.75. The first-order chi connectivity index (χ1) is 10.3. The standard InChI is InChI=1S/C18H27N3/c1-2-21-18-11-7-6-10-16(18)17(20-21)12-14-8-4-3-5-9-15(14)13-19/h6-7,10-11,14-15H,2-5,8-9,12-13,19H2,1H3. The summed E-state index contributed by atoms with van der Waals surface area (Å²) in [7, 11) is 0. The second kappa shape index (κ2) is 6.61. The van der Waals surface area contributed by atoms with Crippen molar-refractivity contribution >= 4 is 10.9 Å². The molecule has 21 heavy (non-hydrogen) atoms. The third-order valence-electron chi connectivity index (χ3n) is 5.11. The van der Waals surface area contributed by atoms with E-state index in [2.05, 4.69) is 35.9 Å². The highest BCUT2D eigenvalue weighted by atomic mass is 15.3. The van der Waals surface area contributed by atoms with Crippen LogP contribution in [0.3, 0.4) is 0 Å². The van der Waals surface area contributed by atoms with E-state index in [1.165, 1.54) is 48.7 Å². The lowest BCUT2D eigenvalue weighted by molar-refractivity contribution is 0.316. The predicted molar refractivity (Wildman–Crippen MR) is 88.2 cm³/mol. The van der Waals surface area contributed by atoms with E-state index in [0.29, 0.717) is 11.8 Å². The number of aromatic nitrogens is 2. The number of fused-ring (bicyclic) bond motifs is 1. The maximum absolute atomic E-state index is 6.04. The first-order valence-electron chi connectivity index (χ1n) is 8.48. The van der Waals surface area contributed by atoms with Crippen LogP contribution in [0.1, 0.15) is 44.7 Å². The zero-order valence-electron chi connectivity index (χ0n) is 13.1. The summed E-state index contributed by atoms with van der Waals surface area (Å²) in [6.07, 6.45) is 7.78. The summed E-state index contributed by atoms with van der Waals surface area (Å²) in [5.74, 6) is 1.39. The monoisotopic (exact) mass is 285 g/mol. The molecule has 2 atom stereocenters. The van der Waals surface area contributed by atoms with E-state index < -0.39 is 0 Å². The number of hydrogen-bond acceptors (Lipinski definition) is 2. The molecule has 2 unspecified atom stereocenters. The summed E-state index contributed by atoms with van der Waals surface area (Å²) < 4.78 is 2.14. The Morgan fingerprint density at radius 1 is 1.14 bits per heavy atom. The lowest BCUT2D eigenvalue weighted by Gasteiger charge is -2.23. The highest BCUT2D eigenvalue weighted by Gasteiger charge is 2.24. The van der Waals surface area contributed by atoms with Crippen molar-refractivity contribution in [2.24, 2.45) is 17.6 Å². The molecule has 2 aromatic rings. The van der Waals surface area contributed by atoms with Crippen LogP contribution in [0.25, 0.3) is 10.9 Å². The molecule has 1 fully saturated rings. The Bertz CT molecular complexity index is 587. The number of benzene rings is 1. The zero-order chi connectivity index (χ0) is 14.7. The lowest BCUT2D eigenvalue weighted by atomic mass is 9.84. The van der Waals surface area contributed by atoms with E-state index in [-0.39, 0.29) is 0 Å². The van der Waals surface area contributed by atoms with Crippen LogP contribution in [-0.4, -0.2) is 16.3 Å². The van der Waals surface area contributed by atoms with Crippen LogP contribution < -0.4 is 5.73 Å². The van der Waals surface area contributed by atoms with Crippen molar-refractivity contribution in [2.75, 3.05) is 6.54 Å². The number of hydrogen-bond donors (Lipinski definition) is 1. The van der Waals surface area contributed by atoms with Crippen molar-refractivity contribution in [1.82, 2.24) is 9.78 Å². The van der Waals surface area contributed by atoms with Gasteiger partial charge in [-0.05, 0) is 50.6 Å². The van der Waals surface area contributed by atoms with E-state index in [0.717, 1.165) is 19.5 Å². The Morgan fingerprint density at radius 3 is 2.67 bits per heavy atom. The van der Waals surface area contributed by atoms with Gasteiger partial charge in [0.15, 0.2) is 0 Å². The fraction of sp³-hybridized carbons (Fsp3) is 0.611. The van der Waals surface area contributed by atoms with Gasteiger partial charge in [0.2, 0.25) is 0 Å². The summed E-state index contributed by atoms with van der Waals surface area (Å²) in [4.78, 5) is 0. The molecule has 1 aromatic carbocycles. The molecule has 0 radical (unpaired) electrons. The maximum atomic E-state index is 6.04. The fourth-order valence-electron chi connectivity index (χ4n) is 3.88. The van der Waals surface area contributed by atoms with Gasteiger partial charge in [-0.15, -0.1) is 0 Å². The molecular weight excluding hydrogens is 258 g/mol. The van der Waals surface area contributed by atoms with Crippen LogP contribution in [0.5, 0.6) is 0 Å². The molecule has 0 spiro atoms. The molecule has 3 nitrogen and oxygen atoms in total. The summed E-state index contributed by atoms with van der Waals surface area (Å²) >= 11 is 0. The van der Waals surface area contributed by atoms with E-state index in [9.17, 15) is 0 Å². The Labute approximate surface area is 127 Å². The number of rotatable bonds is 4. The molecule has 0 saturated heterocycles. The van der Waals surface area contributed by atoms with Crippen LogP contribution in [0.2, 0.25) is 0 Å². The van der Waals surface area contributed by atoms with Gasteiger partial charge in [0.05, 0.1) is 11.2 Å². The van der Waals surface area contributed by atoms with Crippen molar-refractivity contribution in [3.63, 3.8) is 0 Å². The normalized spacial score (nSPS) is 23.3. The molecule has 2 N–H and O–H groups in total. The Balaban J connectivity index is 1.89. The average molecular weight is 285 g/mol. The fourth-order valence-corrected chi connectivity index (χ4v) is 3.88. The highest BCUT2D eigenvalue weighted by Crippen LogP contribution is 2.32. The van der Waals surface area contributed by atoms with E-state index in [4.69, 9.17) is 10.8 Å². The molecule has 1 heterocycles. The largest absolute Gasteiger partial charge is 0.330 e. The molecule has 0 aliphatic heterocycles. The van der Waals surface area contributed by atoms with E-state index >= 15 is 0 Å². The zero-order valence-corrected chi connectivity index (χ0v) is 13.1. The lowest BCUT2D eigenvalue weighted by Crippen LogP contribution is -2.24. The second-order valence-electron chi connectivity index (χ2n) is 6.38. The van der Waals surface area contributed by atoms with Gasteiger partial charge in [0.25, 0.3) is 0 Å². The number of nitrogens with zero attached hydrogens (tertiary/aromatic N) is 2. The van der Waals surface area contributed by atoms with Gasteiger partial charge in [-0.2, -0.15) is 5.10 Å². The summed E-state index contributed by atoms with van der Waals surface area (Å²) in [5.41, 5.74) is 8.58. The van der Waals surface area contributed by atoms with Gasteiger partial charge in [-0.3, -0.25) is 4.68 Å².